The van der Waals surface area contributed by atoms with Crippen LogP contribution >= 0.6 is 0 Å². The Morgan fingerprint density at radius 1 is 1.07 bits per heavy atom. The van der Waals surface area contributed by atoms with E-state index in [0.717, 1.165) is 37.9 Å². The Morgan fingerprint density at radius 3 is 2.48 bits per heavy atom. The molecule has 4 atom stereocenters. The maximum atomic E-state index is 14.3. The smallest absolute Gasteiger partial charge is 0.261 e. The zero-order chi connectivity index (χ0) is 33.3. The molecule has 0 radical (unpaired) electrons. The zero-order valence-corrected chi connectivity index (χ0v) is 27.9. The molecule has 3 aromatic carbocycles. The van der Waals surface area contributed by atoms with E-state index in [-0.39, 0.29) is 40.9 Å². The van der Waals surface area contributed by atoms with Crippen molar-refractivity contribution in [1.29, 1.82) is 0 Å². The highest BCUT2D eigenvalue weighted by atomic mass is 32.2. The molecule has 46 heavy (non-hydrogen) atoms. The van der Waals surface area contributed by atoms with Crippen molar-refractivity contribution in [2.45, 2.75) is 69.7 Å². The summed E-state index contributed by atoms with van der Waals surface area (Å²) in [7, 11) is -2.01. The number of nitrogens with one attached hydrogen (secondary N) is 1. The fraction of sp³-hybridized carbons (Fsp3) is 0.457. The number of hydrogen-bond acceptors (Lipinski definition) is 7. The predicted molar refractivity (Wildman–Crippen MR) is 177 cm³/mol. The van der Waals surface area contributed by atoms with E-state index in [1.165, 1.54) is 29.8 Å². The van der Waals surface area contributed by atoms with Crippen LogP contribution in [-0.2, 0) is 21.3 Å². The lowest BCUT2D eigenvalue weighted by Crippen LogP contribution is -2.47. The van der Waals surface area contributed by atoms with Gasteiger partial charge in [0.1, 0.15) is 11.6 Å². The van der Waals surface area contributed by atoms with Gasteiger partial charge in [0.15, 0.2) is 0 Å². The van der Waals surface area contributed by atoms with Crippen LogP contribution in [0.25, 0.3) is 0 Å². The molecule has 3 aromatic rings. The van der Waals surface area contributed by atoms with Crippen molar-refractivity contribution in [3.05, 3.63) is 89.7 Å². The summed E-state index contributed by atoms with van der Waals surface area (Å²) in [5.74, 6) is -0.711. The number of benzene rings is 3. The molecule has 0 spiro atoms. The number of rotatable bonds is 9. The molecule has 9 nitrogen and oxygen atoms in total. The highest BCUT2D eigenvalue weighted by molar-refractivity contribution is 7.92. The summed E-state index contributed by atoms with van der Waals surface area (Å²) in [5.41, 5.74) is 1.53. The van der Waals surface area contributed by atoms with Gasteiger partial charge in [-0.25, -0.2) is 12.8 Å². The summed E-state index contributed by atoms with van der Waals surface area (Å²) >= 11 is 0. The molecular formula is C35H46FN3O6S. The number of carbonyl (C=O) groups excluding carboxylic acids is 1. The number of aliphatic hydroxyl groups is 1. The Hall–Kier alpha value is -3.51. The van der Waals surface area contributed by atoms with Crippen LogP contribution in [0.1, 0.15) is 56.0 Å². The Morgan fingerprint density at radius 2 is 1.78 bits per heavy atom. The summed E-state index contributed by atoms with van der Waals surface area (Å²) < 4.78 is 54.8. The molecule has 1 amide bonds. The number of nitrogens with zero attached hydrogens (tertiary/aromatic N) is 2. The van der Waals surface area contributed by atoms with Crippen LogP contribution in [-0.4, -0.2) is 80.8 Å². The third-order valence-corrected chi connectivity index (χ3v) is 9.61. The van der Waals surface area contributed by atoms with Gasteiger partial charge in [-0.3, -0.25) is 14.4 Å². The fourth-order valence-corrected chi connectivity index (χ4v) is 6.59. The predicted octanol–water partition coefficient (Wildman–Crippen LogP) is 5.55. The zero-order valence-electron chi connectivity index (χ0n) is 27.1. The van der Waals surface area contributed by atoms with Gasteiger partial charge in [0, 0.05) is 37.8 Å². The van der Waals surface area contributed by atoms with Gasteiger partial charge in [-0.1, -0.05) is 37.3 Å². The monoisotopic (exact) mass is 655 g/mol. The first kappa shape index (κ1) is 35.3. The Labute approximate surface area is 272 Å². The van der Waals surface area contributed by atoms with Gasteiger partial charge >= 0.3 is 0 Å². The average Bonchev–Trinajstić information content (AvgIpc) is 3.03. The second kappa shape index (κ2) is 16.4. The third kappa shape index (κ3) is 9.75. The Kier molecular flexibility index (Phi) is 12.6. The van der Waals surface area contributed by atoms with E-state index >= 15 is 0 Å². The highest BCUT2D eigenvalue weighted by Crippen LogP contribution is 2.29. The first-order valence-electron chi connectivity index (χ1n) is 15.8. The third-order valence-electron chi connectivity index (χ3n) is 8.21. The molecule has 11 heteroatoms. The van der Waals surface area contributed by atoms with E-state index in [9.17, 15) is 22.7 Å². The second-order valence-electron chi connectivity index (χ2n) is 12.3. The minimum atomic E-state index is -4.06. The number of sulfonamides is 1. The molecule has 0 aromatic heterocycles. The standard InChI is InChI=1S/C35H46FN3O6S/c1-25-21-39(26(2)24-40)35(41)32-20-30(37-46(42,43)31-16-13-29(36)14-17-31)15-18-33(32)45-27(3)10-8-9-19-44-34(25)23-38(4)22-28-11-6-5-7-12-28/h5-7,11-18,20,25-27,34,37,40H,8-10,19,21-24H2,1-4H3/t25-,26+,27+,34-/m1/s1. The van der Waals surface area contributed by atoms with Crippen LogP contribution in [0.3, 0.4) is 0 Å². The van der Waals surface area contributed by atoms with Crippen molar-refractivity contribution in [2.24, 2.45) is 5.92 Å². The summed E-state index contributed by atoms with van der Waals surface area (Å²) in [6.45, 7) is 7.77. The van der Waals surface area contributed by atoms with Crippen LogP contribution < -0.4 is 9.46 Å². The van der Waals surface area contributed by atoms with E-state index in [1.54, 1.807) is 17.9 Å². The van der Waals surface area contributed by atoms with Crippen LogP contribution in [0.5, 0.6) is 5.75 Å². The topological polar surface area (TPSA) is 108 Å². The fourth-order valence-electron chi connectivity index (χ4n) is 5.54. The maximum Gasteiger partial charge on any atom is 0.261 e. The number of carbonyl (C=O) groups is 1. The normalized spacial score (nSPS) is 20.8. The Bertz CT molecular complexity index is 1520. The molecule has 0 saturated heterocycles. The molecule has 0 unspecified atom stereocenters. The summed E-state index contributed by atoms with van der Waals surface area (Å²) in [6.07, 6.45) is 2.06. The van der Waals surface area contributed by atoms with Gasteiger partial charge in [0.2, 0.25) is 0 Å². The molecule has 1 aliphatic heterocycles. The molecule has 1 aliphatic rings. The van der Waals surface area contributed by atoms with Gasteiger partial charge in [-0.05, 0) is 88.2 Å². The van der Waals surface area contributed by atoms with Crippen molar-refractivity contribution < 1.29 is 32.2 Å². The van der Waals surface area contributed by atoms with Gasteiger partial charge < -0.3 is 19.5 Å². The molecule has 0 bridgehead atoms. The number of likely N-dealkylation sites (N-methyl/N-ethyl adjacent to an activating group) is 1. The van der Waals surface area contributed by atoms with Crippen LogP contribution in [0.2, 0.25) is 0 Å². The molecule has 0 saturated carbocycles. The van der Waals surface area contributed by atoms with Gasteiger partial charge in [-0.2, -0.15) is 0 Å². The largest absolute Gasteiger partial charge is 0.490 e. The molecule has 0 aliphatic carbocycles. The summed E-state index contributed by atoms with van der Waals surface area (Å²) in [6, 6.07) is 18.8. The van der Waals surface area contributed by atoms with Crippen LogP contribution in [0.4, 0.5) is 10.1 Å². The highest BCUT2D eigenvalue weighted by Gasteiger charge is 2.30. The number of fused-ring (bicyclic) bond motifs is 1. The minimum absolute atomic E-state index is 0.0948. The Balaban J connectivity index is 1.64. The van der Waals surface area contributed by atoms with E-state index in [2.05, 4.69) is 28.8 Å². The van der Waals surface area contributed by atoms with E-state index in [0.29, 0.717) is 25.4 Å². The first-order valence-corrected chi connectivity index (χ1v) is 17.3. The van der Waals surface area contributed by atoms with Crippen LogP contribution in [0, 0.1) is 11.7 Å². The number of aliphatic hydroxyl groups excluding tert-OH is 1. The van der Waals surface area contributed by atoms with Gasteiger partial charge in [0.25, 0.3) is 15.9 Å². The average molecular weight is 656 g/mol. The minimum Gasteiger partial charge on any atom is -0.490 e. The molecule has 4 rings (SSSR count). The summed E-state index contributed by atoms with van der Waals surface area (Å²) in [4.78, 5) is 18.0. The van der Waals surface area contributed by atoms with E-state index in [1.807, 2.05) is 32.0 Å². The maximum absolute atomic E-state index is 14.3. The van der Waals surface area contributed by atoms with Crippen molar-refractivity contribution in [2.75, 3.05) is 38.1 Å². The van der Waals surface area contributed by atoms with E-state index in [4.69, 9.17) is 9.47 Å². The molecular weight excluding hydrogens is 609 g/mol. The number of anilines is 1. The second-order valence-corrected chi connectivity index (χ2v) is 13.9. The van der Waals surface area contributed by atoms with Crippen molar-refractivity contribution in [1.82, 2.24) is 9.80 Å². The van der Waals surface area contributed by atoms with Crippen molar-refractivity contribution >= 4 is 21.6 Å². The first-order chi connectivity index (χ1) is 22.0. The van der Waals surface area contributed by atoms with Crippen molar-refractivity contribution in [3.63, 3.8) is 0 Å². The van der Waals surface area contributed by atoms with E-state index < -0.39 is 27.8 Å². The van der Waals surface area contributed by atoms with Crippen molar-refractivity contribution in [3.8, 4) is 5.75 Å². The quantitative estimate of drug-likeness (QED) is 0.311. The number of hydrogen-bond donors (Lipinski definition) is 2. The number of ether oxygens (including phenoxy) is 2. The molecule has 250 valence electrons. The molecule has 1 heterocycles. The lowest BCUT2D eigenvalue weighted by atomic mass is 10.0. The van der Waals surface area contributed by atoms with Gasteiger partial charge in [0.05, 0.1) is 35.3 Å². The lowest BCUT2D eigenvalue weighted by molar-refractivity contribution is -0.0177. The molecule has 0 fully saturated rings. The SMILES string of the molecule is C[C@@H]1CN([C@@H](C)CO)C(=O)c2cc(NS(=O)(=O)c3ccc(F)cc3)ccc2O[C@@H](C)CCCCO[C@@H]1CN(C)Cc1ccccc1. The van der Waals surface area contributed by atoms with Crippen LogP contribution in [0.15, 0.2) is 77.7 Å². The number of amides is 1. The lowest BCUT2D eigenvalue weighted by Gasteiger charge is -2.36. The molecule has 2 N–H and O–H groups in total. The summed E-state index contributed by atoms with van der Waals surface area (Å²) in [5, 5.41) is 10.2. The number of halogens is 1. The van der Waals surface area contributed by atoms with Gasteiger partial charge in [-0.15, -0.1) is 0 Å².